The number of carbonyl (C=O) groups is 1. The minimum Gasteiger partial charge on any atom is -0.324 e. The van der Waals surface area contributed by atoms with Crippen LogP contribution in [-0.2, 0) is 0 Å². The van der Waals surface area contributed by atoms with E-state index in [-0.39, 0.29) is 6.03 Å². The zero-order chi connectivity index (χ0) is 10.4. The van der Waals surface area contributed by atoms with Gasteiger partial charge in [-0.1, -0.05) is 12.8 Å². The zero-order valence-corrected chi connectivity index (χ0v) is 9.51. The third-order valence-electron chi connectivity index (χ3n) is 1.20. The van der Waals surface area contributed by atoms with Crippen LogP contribution in [0.3, 0.4) is 0 Å². The van der Waals surface area contributed by atoms with Crippen molar-refractivity contribution >= 4 is 18.8 Å². The number of urea groups is 1. The highest BCUT2D eigenvalue weighted by Crippen LogP contribution is 1.94. The van der Waals surface area contributed by atoms with Gasteiger partial charge in [0, 0.05) is 0 Å². The van der Waals surface area contributed by atoms with Crippen LogP contribution in [0.5, 0.6) is 0 Å². The highest BCUT2D eigenvalue weighted by atomic mass is 32.1. The lowest BCUT2D eigenvalue weighted by Crippen LogP contribution is -2.42. The molecule has 0 aliphatic rings. The third kappa shape index (κ3) is 6.68. The van der Waals surface area contributed by atoms with E-state index in [9.17, 15) is 4.79 Å². The molecule has 5 nitrogen and oxygen atoms in total. The van der Waals surface area contributed by atoms with E-state index in [4.69, 9.17) is 0 Å². The molecule has 6 heteroatoms. The van der Waals surface area contributed by atoms with Gasteiger partial charge in [-0.15, -0.1) is 0 Å². The van der Waals surface area contributed by atoms with E-state index in [0.29, 0.717) is 13.3 Å². The molecule has 0 aromatic rings. The fraction of sp³-hybridized carbons (Fsp3) is 0.857. The molecule has 0 unspecified atom stereocenters. The van der Waals surface area contributed by atoms with Crippen molar-refractivity contribution in [2.75, 3.05) is 41.5 Å². The second-order valence-corrected chi connectivity index (χ2v) is 3.82. The van der Waals surface area contributed by atoms with E-state index >= 15 is 0 Å². The molecule has 1 N–H and O–H groups in total. The molecular formula is C7H18N4OS. The Hall–Kier alpha value is -0.460. The first-order valence-electron chi connectivity index (χ1n) is 3.97. The van der Waals surface area contributed by atoms with Crippen LogP contribution < -0.4 is 5.32 Å². The summed E-state index contributed by atoms with van der Waals surface area (Å²) in [4.78, 5) is 15.0. The Morgan fingerprint density at radius 2 is 1.77 bits per heavy atom. The smallest absolute Gasteiger partial charge is 0.324 e. The van der Waals surface area contributed by atoms with E-state index in [1.165, 1.54) is 4.31 Å². The molecular weight excluding hydrogens is 188 g/mol. The largest absolute Gasteiger partial charge is 0.329 e. The summed E-state index contributed by atoms with van der Waals surface area (Å²) in [6.45, 7) is 1.01. The quantitative estimate of drug-likeness (QED) is 0.497. The average Bonchev–Trinajstić information content (AvgIpc) is 1.98. The number of amides is 2. The van der Waals surface area contributed by atoms with Crippen LogP contribution in [-0.4, -0.2) is 61.7 Å². The molecule has 2 amide bonds. The molecule has 0 bridgehead atoms. The summed E-state index contributed by atoms with van der Waals surface area (Å²) in [5, 5.41) is 2.70. The van der Waals surface area contributed by atoms with Gasteiger partial charge in [0.1, 0.15) is 0 Å². The number of hydrogen-bond donors (Lipinski definition) is 2. The first kappa shape index (κ1) is 12.5. The van der Waals surface area contributed by atoms with Crippen molar-refractivity contribution in [3.8, 4) is 0 Å². The van der Waals surface area contributed by atoms with Crippen molar-refractivity contribution in [2.24, 2.45) is 0 Å². The van der Waals surface area contributed by atoms with Crippen LogP contribution in [0.25, 0.3) is 0 Å². The number of nitrogens with one attached hydrogen (secondary N) is 1. The van der Waals surface area contributed by atoms with Crippen molar-refractivity contribution < 1.29 is 4.79 Å². The summed E-state index contributed by atoms with van der Waals surface area (Å²) in [5.41, 5.74) is 0. The molecule has 0 fully saturated rings. The second kappa shape index (κ2) is 6.06. The zero-order valence-electron chi connectivity index (χ0n) is 8.61. The van der Waals surface area contributed by atoms with Gasteiger partial charge in [-0.25, -0.2) is 4.79 Å². The SMILES string of the molecule is CN(C)CNC(=O)N(S)CN(C)C. The molecule has 0 aromatic heterocycles. The van der Waals surface area contributed by atoms with Gasteiger partial charge in [-0.3, -0.25) is 14.1 Å². The van der Waals surface area contributed by atoms with Crippen molar-refractivity contribution in [3.63, 3.8) is 0 Å². The maximum Gasteiger partial charge on any atom is 0.329 e. The van der Waals surface area contributed by atoms with Gasteiger partial charge >= 0.3 is 6.03 Å². The third-order valence-corrected chi connectivity index (χ3v) is 1.51. The van der Waals surface area contributed by atoms with Crippen LogP contribution in [0.15, 0.2) is 0 Å². The Morgan fingerprint density at radius 1 is 1.23 bits per heavy atom. The van der Waals surface area contributed by atoms with E-state index in [1.807, 2.05) is 38.0 Å². The van der Waals surface area contributed by atoms with E-state index < -0.39 is 0 Å². The Bertz CT molecular complexity index is 163. The minimum absolute atomic E-state index is 0.189. The van der Waals surface area contributed by atoms with Crippen LogP contribution >= 0.6 is 12.8 Å². The van der Waals surface area contributed by atoms with Gasteiger partial charge in [0.2, 0.25) is 0 Å². The van der Waals surface area contributed by atoms with Crippen LogP contribution in [0, 0.1) is 0 Å². The van der Waals surface area contributed by atoms with Crippen molar-refractivity contribution in [2.45, 2.75) is 0 Å². The van der Waals surface area contributed by atoms with Gasteiger partial charge in [-0.05, 0) is 28.2 Å². The number of rotatable bonds is 4. The maximum absolute atomic E-state index is 11.3. The molecule has 13 heavy (non-hydrogen) atoms. The molecule has 0 saturated heterocycles. The normalized spacial score (nSPS) is 10.7. The Kier molecular flexibility index (Phi) is 5.85. The Balaban J connectivity index is 3.69. The minimum atomic E-state index is -0.189. The van der Waals surface area contributed by atoms with E-state index in [1.54, 1.807) is 0 Å². The number of nitrogens with zero attached hydrogens (tertiary/aromatic N) is 3. The summed E-state index contributed by atoms with van der Waals surface area (Å²) < 4.78 is 1.32. The monoisotopic (exact) mass is 206 g/mol. The van der Waals surface area contributed by atoms with Gasteiger partial charge in [0.25, 0.3) is 0 Å². The maximum atomic E-state index is 11.3. The molecule has 78 valence electrons. The summed E-state index contributed by atoms with van der Waals surface area (Å²) in [6.07, 6.45) is 0. The number of carbonyl (C=O) groups excluding carboxylic acids is 1. The molecule has 0 atom stereocenters. The Morgan fingerprint density at radius 3 is 2.15 bits per heavy atom. The predicted molar refractivity (Wildman–Crippen MR) is 56.5 cm³/mol. The fourth-order valence-corrected chi connectivity index (χ4v) is 0.973. The van der Waals surface area contributed by atoms with Crippen molar-refractivity contribution in [3.05, 3.63) is 0 Å². The lowest BCUT2D eigenvalue weighted by molar-refractivity contribution is 0.204. The van der Waals surface area contributed by atoms with Gasteiger partial charge in [-0.2, -0.15) is 0 Å². The van der Waals surface area contributed by atoms with Crippen LogP contribution in [0.1, 0.15) is 0 Å². The first-order valence-corrected chi connectivity index (χ1v) is 4.37. The van der Waals surface area contributed by atoms with Gasteiger partial charge in [0.05, 0.1) is 13.3 Å². The summed E-state index contributed by atoms with van der Waals surface area (Å²) in [7, 11) is 7.52. The second-order valence-electron chi connectivity index (χ2n) is 3.34. The molecule has 0 aromatic carbocycles. The average molecular weight is 206 g/mol. The lowest BCUT2D eigenvalue weighted by atomic mass is 10.8. The van der Waals surface area contributed by atoms with E-state index in [2.05, 4.69) is 18.1 Å². The highest BCUT2D eigenvalue weighted by Gasteiger charge is 2.08. The molecule has 0 heterocycles. The Labute approximate surface area is 85.2 Å². The summed E-state index contributed by atoms with van der Waals surface area (Å²) in [6, 6.07) is -0.189. The predicted octanol–water partition coefficient (Wildman–Crippen LogP) is -0.119. The highest BCUT2D eigenvalue weighted by molar-refractivity contribution is 7.78. The fourth-order valence-electron chi connectivity index (χ4n) is 0.649. The molecule has 0 saturated carbocycles. The molecule has 0 spiro atoms. The van der Waals surface area contributed by atoms with Crippen LogP contribution in [0.2, 0.25) is 0 Å². The van der Waals surface area contributed by atoms with E-state index in [0.717, 1.165) is 0 Å². The summed E-state index contributed by atoms with van der Waals surface area (Å²) in [5.74, 6) is 0. The van der Waals surface area contributed by atoms with Crippen LogP contribution in [0.4, 0.5) is 4.79 Å². The molecule has 0 aliphatic carbocycles. The van der Waals surface area contributed by atoms with Gasteiger partial charge < -0.3 is 5.32 Å². The molecule has 0 rings (SSSR count). The lowest BCUT2D eigenvalue weighted by Gasteiger charge is -2.21. The first-order chi connectivity index (χ1) is 5.93. The molecule has 0 aliphatic heterocycles. The summed E-state index contributed by atoms with van der Waals surface area (Å²) >= 11 is 4.03. The van der Waals surface area contributed by atoms with Gasteiger partial charge in [0.15, 0.2) is 0 Å². The topological polar surface area (TPSA) is 38.8 Å². The number of thiol groups is 1. The molecule has 0 radical (unpaired) electrons. The number of hydrogen-bond acceptors (Lipinski definition) is 4. The van der Waals surface area contributed by atoms with Crippen molar-refractivity contribution in [1.82, 2.24) is 19.4 Å². The van der Waals surface area contributed by atoms with Crippen molar-refractivity contribution in [1.29, 1.82) is 0 Å². The standard InChI is InChI=1S/C7H18N4OS/c1-9(2)5-8-7(12)11(13)6-10(3)4/h13H,5-6H2,1-4H3,(H,8,12).